The van der Waals surface area contributed by atoms with Gasteiger partial charge in [0.1, 0.15) is 5.75 Å². The largest absolute Gasteiger partial charge is 0.426 e. The number of nitrogens with one attached hydrogen (secondary N) is 1. The van der Waals surface area contributed by atoms with E-state index in [2.05, 4.69) is 31.3 Å². The lowest BCUT2D eigenvalue weighted by Crippen LogP contribution is -2.15. The molecule has 1 atom stereocenters. The van der Waals surface area contributed by atoms with Gasteiger partial charge in [0.2, 0.25) is 0 Å². The molecule has 2 aromatic rings. The van der Waals surface area contributed by atoms with Gasteiger partial charge in [0.15, 0.2) is 0 Å². The second-order valence-electron chi connectivity index (χ2n) is 9.38. The first-order valence-corrected chi connectivity index (χ1v) is 13.3. The number of unbranched alkanes of at least 4 members (excludes halogenated alkanes) is 11. The summed E-state index contributed by atoms with van der Waals surface area (Å²) in [7, 11) is 0. The molecule has 0 amide bonds. The van der Waals surface area contributed by atoms with Crippen LogP contribution in [0.3, 0.4) is 0 Å². The molecule has 2 aromatic carbocycles. The first-order valence-electron chi connectivity index (χ1n) is 13.3. The molecular formula is C30H45NO2. The van der Waals surface area contributed by atoms with Crippen LogP contribution in [-0.4, -0.2) is 12.0 Å². The van der Waals surface area contributed by atoms with Crippen molar-refractivity contribution in [3.63, 3.8) is 0 Å². The van der Waals surface area contributed by atoms with Crippen LogP contribution >= 0.6 is 0 Å². The molecule has 182 valence electrons. The first kappa shape index (κ1) is 27.0. The molecular weight excluding hydrogens is 406 g/mol. The van der Waals surface area contributed by atoms with Crippen molar-refractivity contribution in [2.75, 3.05) is 5.32 Å². The van der Waals surface area contributed by atoms with Gasteiger partial charge in [-0.1, -0.05) is 114 Å². The number of benzene rings is 2. The van der Waals surface area contributed by atoms with Crippen LogP contribution in [0.1, 0.15) is 103 Å². The molecule has 0 saturated heterocycles. The van der Waals surface area contributed by atoms with Crippen LogP contribution in [0.25, 0.3) is 0 Å². The maximum atomic E-state index is 12.1. The molecule has 0 aliphatic rings. The van der Waals surface area contributed by atoms with Crippen LogP contribution in [0, 0.1) is 0 Å². The van der Waals surface area contributed by atoms with Gasteiger partial charge >= 0.3 is 5.97 Å². The monoisotopic (exact) mass is 451 g/mol. The summed E-state index contributed by atoms with van der Waals surface area (Å²) in [6.45, 7) is 4.53. The molecule has 0 radical (unpaired) electrons. The van der Waals surface area contributed by atoms with E-state index in [-0.39, 0.29) is 12.4 Å². The molecule has 0 saturated carbocycles. The number of rotatable bonds is 18. The predicted octanol–water partition coefficient (Wildman–Crippen LogP) is 8.73. The first-order chi connectivity index (χ1) is 16.2. The van der Waals surface area contributed by atoms with E-state index in [0.29, 0.717) is 11.8 Å². The molecule has 0 aromatic heterocycles. The van der Waals surface area contributed by atoms with Crippen LogP contribution in [0.15, 0.2) is 54.6 Å². The minimum Gasteiger partial charge on any atom is -0.426 e. The van der Waals surface area contributed by atoms with Gasteiger partial charge in [0.25, 0.3) is 0 Å². The fourth-order valence-corrected chi connectivity index (χ4v) is 4.19. The Morgan fingerprint density at radius 3 is 1.88 bits per heavy atom. The third-order valence-electron chi connectivity index (χ3n) is 6.18. The molecule has 33 heavy (non-hydrogen) atoms. The summed E-state index contributed by atoms with van der Waals surface area (Å²) in [5.74, 6) is 0.356. The number of hydrogen-bond acceptors (Lipinski definition) is 3. The average Bonchev–Trinajstić information content (AvgIpc) is 2.81. The SMILES string of the molecule is CCCCCCCCCCCCCCC(C)Nc1ccc(CC(=O)Oc2ccccc2)cc1. The van der Waals surface area contributed by atoms with E-state index < -0.39 is 0 Å². The second-order valence-corrected chi connectivity index (χ2v) is 9.38. The van der Waals surface area contributed by atoms with E-state index in [9.17, 15) is 4.79 Å². The molecule has 1 N–H and O–H groups in total. The lowest BCUT2D eigenvalue weighted by Gasteiger charge is -2.15. The minimum absolute atomic E-state index is 0.234. The quantitative estimate of drug-likeness (QED) is 0.140. The highest BCUT2D eigenvalue weighted by Gasteiger charge is 2.07. The molecule has 0 heterocycles. The minimum atomic E-state index is -0.234. The number of para-hydroxylation sites is 1. The molecule has 3 heteroatoms. The molecule has 1 unspecified atom stereocenters. The standard InChI is InChI=1S/C30H45NO2/c1-3-4-5-6-7-8-9-10-11-12-13-15-18-26(2)31-28-23-21-27(22-24-28)25-30(32)33-29-19-16-14-17-20-29/h14,16-17,19-24,26,31H,3-13,15,18,25H2,1-2H3. The van der Waals surface area contributed by atoms with Gasteiger partial charge in [0.05, 0.1) is 6.42 Å². The Bertz CT molecular complexity index is 742. The topological polar surface area (TPSA) is 38.3 Å². The van der Waals surface area contributed by atoms with E-state index in [0.717, 1.165) is 11.3 Å². The molecule has 0 spiro atoms. The molecule has 0 fully saturated rings. The van der Waals surface area contributed by atoms with Crippen molar-refractivity contribution in [1.29, 1.82) is 0 Å². The van der Waals surface area contributed by atoms with Crippen molar-refractivity contribution in [2.24, 2.45) is 0 Å². The van der Waals surface area contributed by atoms with Gasteiger partial charge < -0.3 is 10.1 Å². The number of hydrogen-bond donors (Lipinski definition) is 1. The summed E-state index contributed by atoms with van der Waals surface area (Å²) in [4.78, 5) is 12.1. The van der Waals surface area contributed by atoms with Gasteiger partial charge in [-0.25, -0.2) is 0 Å². The highest BCUT2D eigenvalue weighted by atomic mass is 16.5. The Balaban J connectivity index is 1.50. The molecule has 0 bridgehead atoms. The second kappa shape index (κ2) is 17.2. The Morgan fingerprint density at radius 2 is 1.30 bits per heavy atom. The average molecular weight is 452 g/mol. The molecule has 0 aliphatic carbocycles. The fourth-order valence-electron chi connectivity index (χ4n) is 4.19. The van der Waals surface area contributed by atoms with E-state index >= 15 is 0 Å². The maximum absolute atomic E-state index is 12.1. The highest BCUT2D eigenvalue weighted by Crippen LogP contribution is 2.17. The van der Waals surface area contributed by atoms with Crippen molar-refractivity contribution < 1.29 is 9.53 Å². The molecule has 0 aliphatic heterocycles. The van der Waals surface area contributed by atoms with Crippen LogP contribution in [-0.2, 0) is 11.2 Å². The normalized spacial score (nSPS) is 11.8. The van der Waals surface area contributed by atoms with Crippen LogP contribution in [0.4, 0.5) is 5.69 Å². The van der Waals surface area contributed by atoms with Gasteiger partial charge in [-0.05, 0) is 43.2 Å². The third kappa shape index (κ3) is 13.1. The fraction of sp³-hybridized carbons (Fsp3) is 0.567. The zero-order valence-electron chi connectivity index (χ0n) is 21.0. The summed E-state index contributed by atoms with van der Waals surface area (Å²) in [6, 6.07) is 17.8. The van der Waals surface area contributed by atoms with Crippen LogP contribution in [0.5, 0.6) is 5.75 Å². The van der Waals surface area contributed by atoms with E-state index in [1.807, 2.05) is 30.3 Å². The van der Waals surface area contributed by atoms with E-state index in [1.54, 1.807) is 12.1 Å². The summed E-state index contributed by atoms with van der Waals surface area (Å²) in [5.41, 5.74) is 2.08. The van der Waals surface area contributed by atoms with Crippen LogP contribution in [0.2, 0.25) is 0 Å². The summed E-state index contributed by atoms with van der Waals surface area (Å²) >= 11 is 0. The van der Waals surface area contributed by atoms with Gasteiger partial charge in [0, 0.05) is 11.7 Å². The molecule has 3 nitrogen and oxygen atoms in total. The third-order valence-corrected chi connectivity index (χ3v) is 6.18. The Morgan fingerprint density at radius 1 is 0.758 bits per heavy atom. The molecule has 2 rings (SSSR count). The summed E-state index contributed by atoms with van der Waals surface area (Å²) in [6.07, 6.45) is 18.2. The number of ether oxygens (including phenoxy) is 1. The van der Waals surface area contributed by atoms with E-state index in [4.69, 9.17) is 4.74 Å². The van der Waals surface area contributed by atoms with Gasteiger partial charge in [-0.15, -0.1) is 0 Å². The maximum Gasteiger partial charge on any atom is 0.315 e. The lowest BCUT2D eigenvalue weighted by atomic mass is 10.0. The van der Waals surface area contributed by atoms with Crippen molar-refractivity contribution in [2.45, 2.75) is 110 Å². The van der Waals surface area contributed by atoms with Crippen LogP contribution < -0.4 is 10.1 Å². The zero-order valence-corrected chi connectivity index (χ0v) is 21.0. The van der Waals surface area contributed by atoms with Gasteiger partial charge in [-0.2, -0.15) is 0 Å². The van der Waals surface area contributed by atoms with Crippen molar-refractivity contribution >= 4 is 11.7 Å². The summed E-state index contributed by atoms with van der Waals surface area (Å²) in [5, 5.41) is 3.59. The Labute approximate surface area is 202 Å². The number of anilines is 1. The van der Waals surface area contributed by atoms with Crippen molar-refractivity contribution in [3.8, 4) is 5.75 Å². The Kier molecular flexibility index (Phi) is 14.1. The van der Waals surface area contributed by atoms with Crippen molar-refractivity contribution in [1.82, 2.24) is 0 Å². The highest BCUT2D eigenvalue weighted by molar-refractivity contribution is 5.75. The Hall–Kier alpha value is -2.29. The number of carbonyl (C=O) groups excluding carboxylic acids is 1. The van der Waals surface area contributed by atoms with Gasteiger partial charge in [-0.3, -0.25) is 4.79 Å². The lowest BCUT2D eigenvalue weighted by molar-refractivity contribution is -0.133. The van der Waals surface area contributed by atoms with Crippen molar-refractivity contribution in [3.05, 3.63) is 60.2 Å². The van der Waals surface area contributed by atoms with E-state index in [1.165, 1.54) is 83.5 Å². The zero-order chi connectivity index (χ0) is 23.6. The number of carbonyl (C=O) groups is 1. The smallest absolute Gasteiger partial charge is 0.315 e. The number of esters is 1. The summed E-state index contributed by atoms with van der Waals surface area (Å²) < 4.78 is 5.37. The predicted molar refractivity (Wildman–Crippen MR) is 141 cm³/mol.